The van der Waals surface area contributed by atoms with Crippen LogP contribution in [0.4, 0.5) is 5.69 Å². The Hall–Kier alpha value is -1.02. The number of nitrogens with one attached hydrogen (secondary N) is 1. The van der Waals surface area contributed by atoms with Crippen LogP contribution in [0.25, 0.3) is 0 Å². The molecule has 1 aromatic carbocycles. The lowest BCUT2D eigenvalue weighted by atomic mass is 10.0. The SMILES string of the molecule is CCCC1CN(c2cc(C)ccc2C)C(CC)CN1. The number of rotatable bonds is 4. The predicted molar refractivity (Wildman–Crippen MR) is 84.0 cm³/mol. The van der Waals surface area contributed by atoms with E-state index >= 15 is 0 Å². The van der Waals surface area contributed by atoms with Crippen molar-refractivity contribution in [3.05, 3.63) is 29.3 Å². The van der Waals surface area contributed by atoms with Gasteiger partial charge in [-0.1, -0.05) is 32.4 Å². The summed E-state index contributed by atoms with van der Waals surface area (Å²) in [4.78, 5) is 2.64. The van der Waals surface area contributed by atoms with Crippen molar-refractivity contribution in [1.82, 2.24) is 5.32 Å². The van der Waals surface area contributed by atoms with Crippen LogP contribution in [0, 0.1) is 13.8 Å². The number of hydrogen-bond donors (Lipinski definition) is 1. The van der Waals surface area contributed by atoms with E-state index in [1.54, 1.807) is 0 Å². The Bertz CT molecular complexity index is 414. The highest BCUT2D eigenvalue weighted by Crippen LogP contribution is 2.27. The Morgan fingerprint density at radius 3 is 2.74 bits per heavy atom. The van der Waals surface area contributed by atoms with Crippen LogP contribution in [-0.2, 0) is 0 Å². The third-order valence-corrected chi connectivity index (χ3v) is 4.28. The average molecular weight is 260 g/mol. The molecular formula is C17H28N2. The van der Waals surface area contributed by atoms with Crippen molar-refractivity contribution in [2.45, 2.75) is 59.0 Å². The van der Waals surface area contributed by atoms with Gasteiger partial charge in [-0.3, -0.25) is 0 Å². The normalized spacial score (nSPS) is 23.7. The first-order valence-corrected chi connectivity index (χ1v) is 7.73. The molecule has 1 fully saturated rings. The zero-order chi connectivity index (χ0) is 13.8. The van der Waals surface area contributed by atoms with Crippen LogP contribution in [0.1, 0.15) is 44.2 Å². The van der Waals surface area contributed by atoms with Crippen LogP contribution in [0.2, 0.25) is 0 Å². The molecule has 1 N–H and O–H groups in total. The quantitative estimate of drug-likeness (QED) is 0.889. The number of benzene rings is 1. The maximum Gasteiger partial charge on any atom is 0.0412 e. The van der Waals surface area contributed by atoms with Gasteiger partial charge in [0.1, 0.15) is 0 Å². The van der Waals surface area contributed by atoms with Gasteiger partial charge in [0, 0.05) is 30.9 Å². The van der Waals surface area contributed by atoms with Gasteiger partial charge in [0.15, 0.2) is 0 Å². The number of anilines is 1. The number of aryl methyl sites for hydroxylation is 2. The van der Waals surface area contributed by atoms with Crippen molar-refractivity contribution in [3.63, 3.8) is 0 Å². The van der Waals surface area contributed by atoms with Crippen LogP contribution in [0.15, 0.2) is 18.2 Å². The van der Waals surface area contributed by atoms with Gasteiger partial charge in [-0.05, 0) is 43.9 Å². The number of piperazine rings is 1. The third-order valence-electron chi connectivity index (χ3n) is 4.28. The molecule has 106 valence electrons. The smallest absolute Gasteiger partial charge is 0.0412 e. The molecule has 0 aliphatic carbocycles. The summed E-state index contributed by atoms with van der Waals surface area (Å²) in [6, 6.07) is 8.10. The van der Waals surface area contributed by atoms with Gasteiger partial charge in [-0.25, -0.2) is 0 Å². The second kappa shape index (κ2) is 6.42. The van der Waals surface area contributed by atoms with Crippen molar-refractivity contribution in [1.29, 1.82) is 0 Å². The molecular weight excluding hydrogens is 232 g/mol. The predicted octanol–water partition coefficient (Wildman–Crippen LogP) is 3.66. The lowest BCUT2D eigenvalue weighted by molar-refractivity contribution is 0.369. The first-order valence-electron chi connectivity index (χ1n) is 7.73. The molecule has 0 spiro atoms. The summed E-state index contributed by atoms with van der Waals surface area (Å²) < 4.78 is 0. The van der Waals surface area contributed by atoms with Crippen molar-refractivity contribution in [2.75, 3.05) is 18.0 Å². The Balaban J connectivity index is 2.24. The number of nitrogens with zero attached hydrogens (tertiary/aromatic N) is 1. The molecule has 2 atom stereocenters. The third kappa shape index (κ3) is 3.30. The average Bonchev–Trinajstić information content (AvgIpc) is 2.42. The highest BCUT2D eigenvalue weighted by atomic mass is 15.2. The highest BCUT2D eigenvalue weighted by Gasteiger charge is 2.27. The Morgan fingerprint density at radius 2 is 2.05 bits per heavy atom. The maximum absolute atomic E-state index is 3.71. The van der Waals surface area contributed by atoms with E-state index in [1.165, 1.54) is 36.1 Å². The molecule has 2 rings (SSSR count). The van der Waals surface area contributed by atoms with Crippen LogP contribution in [0.3, 0.4) is 0 Å². The zero-order valence-corrected chi connectivity index (χ0v) is 12.9. The van der Waals surface area contributed by atoms with Gasteiger partial charge in [0.05, 0.1) is 0 Å². The number of hydrogen-bond acceptors (Lipinski definition) is 2. The largest absolute Gasteiger partial charge is 0.365 e. The fourth-order valence-electron chi connectivity index (χ4n) is 3.09. The first kappa shape index (κ1) is 14.4. The minimum Gasteiger partial charge on any atom is -0.365 e. The van der Waals surface area contributed by atoms with Gasteiger partial charge in [-0.2, -0.15) is 0 Å². The topological polar surface area (TPSA) is 15.3 Å². The van der Waals surface area contributed by atoms with E-state index in [1.807, 2.05) is 0 Å². The van der Waals surface area contributed by atoms with Crippen molar-refractivity contribution in [2.24, 2.45) is 0 Å². The molecule has 1 saturated heterocycles. The molecule has 1 aliphatic heterocycles. The minimum absolute atomic E-state index is 0.633. The molecule has 2 nitrogen and oxygen atoms in total. The summed E-state index contributed by atoms with van der Waals surface area (Å²) >= 11 is 0. The van der Waals surface area contributed by atoms with Crippen molar-refractivity contribution < 1.29 is 0 Å². The van der Waals surface area contributed by atoms with Crippen molar-refractivity contribution >= 4 is 5.69 Å². The molecule has 1 aliphatic rings. The van der Waals surface area contributed by atoms with E-state index in [9.17, 15) is 0 Å². The van der Waals surface area contributed by atoms with Gasteiger partial charge in [-0.15, -0.1) is 0 Å². The van der Waals surface area contributed by atoms with E-state index in [0.717, 1.165) is 13.1 Å². The molecule has 0 bridgehead atoms. The lowest BCUT2D eigenvalue weighted by Crippen LogP contribution is -2.56. The lowest BCUT2D eigenvalue weighted by Gasteiger charge is -2.42. The van der Waals surface area contributed by atoms with Crippen LogP contribution < -0.4 is 10.2 Å². The molecule has 0 aromatic heterocycles. The zero-order valence-electron chi connectivity index (χ0n) is 12.9. The molecule has 1 aromatic rings. The van der Waals surface area contributed by atoms with E-state index in [4.69, 9.17) is 0 Å². The maximum atomic E-state index is 3.71. The van der Waals surface area contributed by atoms with Gasteiger partial charge >= 0.3 is 0 Å². The molecule has 0 radical (unpaired) electrons. The van der Waals surface area contributed by atoms with Gasteiger partial charge in [0.2, 0.25) is 0 Å². The fraction of sp³-hybridized carbons (Fsp3) is 0.647. The summed E-state index contributed by atoms with van der Waals surface area (Å²) in [5, 5.41) is 3.71. The second-order valence-electron chi connectivity index (χ2n) is 5.90. The Morgan fingerprint density at radius 1 is 1.26 bits per heavy atom. The molecule has 2 unspecified atom stereocenters. The van der Waals surface area contributed by atoms with E-state index < -0.39 is 0 Å². The molecule has 2 heteroatoms. The Labute approximate surface area is 118 Å². The van der Waals surface area contributed by atoms with Gasteiger partial charge in [0.25, 0.3) is 0 Å². The molecule has 19 heavy (non-hydrogen) atoms. The summed E-state index contributed by atoms with van der Waals surface area (Å²) in [5.41, 5.74) is 4.21. The van der Waals surface area contributed by atoms with Crippen LogP contribution >= 0.6 is 0 Å². The van der Waals surface area contributed by atoms with Crippen molar-refractivity contribution in [3.8, 4) is 0 Å². The second-order valence-corrected chi connectivity index (χ2v) is 5.90. The summed E-state index contributed by atoms with van der Waals surface area (Å²) in [7, 11) is 0. The summed E-state index contributed by atoms with van der Waals surface area (Å²) in [6.07, 6.45) is 3.74. The van der Waals surface area contributed by atoms with E-state index in [-0.39, 0.29) is 0 Å². The fourth-order valence-corrected chi connectivity index (χ4v) is 3.09. The molecule has 0 saturated carbocycles. The standard InChI is InChI=1S/C17H28N2/c1-5-7-15-12-19(16(6-2)11-18-15)17-10-13(3)8-9-14(17)4/h8-10,15-16,18H,5-7,11-12H2,1-4H3. The van der Waals surface area contributed by atoms with Crippen LogP contribution in [0.5, 0.6) is 0 Å². The minimum atomic E-state index is 0.633. The van der Waals surface area contributed by atoms with Crippen LogP contribution in [-0.4, -0.2) is 25.2 Å². The summed E-state index contributed by atoms with van der Waals surface area (Å²) in [5.74, 6) is 0. The monoisotopic (exact) mass is 260 g/mol. The summed E-state index contributed by atoms with van der Waals surface area (Å²) in [6.45, 7) is 11.3. The highest BCUT2D eigenvalue weighted by molar-refractivity contribution is 5.56. The first-order chi connectivity index (χ1) is 9.15. The van der Waals surface area contributed by atoms with E-state index in [2.05, 4.69) is 56.1 Å². The van der Waals surface area contributed by atoms with E-state index in [0.29, 0.717) is 12.1 Å². The Kier molecular flexibility index (Phi) is 4.87. The van der Waals surface area contributed by atoms with Gasteiger partial charge < -0.3 is 10.2 Å². The molecule has 0 amide bonds. The molecule has 1 heterocycles.